The zero-order valence-electron chi connectivity index (χ0n) is 19.7. The highest BCUT2D eigenvalue weighted by Crippen LogP contribution is 2.27. The van der Waals surface area contributed by atoms with Gasteiger partial charge in [0.1, 0.15) is 0 Å². The Bertz CT molecular complexity index is 1570. The predicted molar refractivity (Wildman–Crippen MR) is 140 cm³/mol. The van der Waals surface area contributed by atoms with E-state index in [0.717, 1.165) is 35.1 Å². The normalized spacial score (nSPS) is 14.1. The number of hydrogen-bond donors (Lipinski definition) is 0. The van der Waals surface area contributed by atoms with E-state index < -0.39 is 15.6 Å². The third-order valence-electron chi connectivity index (χ3n) is 6.46. The predicted octanol–water partition coefficient (Wildman–Crippen LogP) is 4.85. The van der Waals surface area contributed by atoms with Crippen molar-refractivity contribution >= 4 is 15.8 Å². The Morgan fingerprint density at radius 3 is 2.06 bits per heavy atom. The summed E-state index contributed by atoms with van der Waals surface area (Å²) in [5, 5.41) is 0. The number of Topliss-reactive ketones (excluding diaryl/α,β-unsaturated/α-hetero) is 1. The third kappa shape index (κ3) is 4.94. The Balaban J connectivity index is 1.40. The lowest BCUT2D eigenvalue weighted by molar-refractivity contribution is 0.0970. The van der Waals surface area contributed by atoms with Gasteiger partial charge in [-0.2, -0.15) is 4.31 Å². The Labute approximate surface area is 210 Å². The van der Waals surface area contributed by atoms with E-state index in [2.05, 4.69) is 18.2 Å². The summed E-state index contributed by atoms with van der Waals surface area (Å²) in [4.78, 5) is 25.6. The van der Waals surface area contributed by atoms with Crippen molar-refractivity contribution in [1.29, 1.82) is 0 Å². The van der Waals surface area contributed by atoms with E-state index in [9.17, 15) is 18.0 Å². The average molecular weight is 499 g/mol. The fourth-order valence-corrected chi connectivity index (χ4v) is 6.03. The largest absolute Gasteiger partial charge is 0.306 e. The third-order valence-corrected chi connectivity index (χ3v) is 8.34. The molecule has 0 spiro atoms. The van der Waals surface area contributed by atoms with Gasteiger partial charge in [-0.05, 0) is 53.3 Å². The zero-order valence-corrected chi connectivity index (χ0v) is 20.5. The van der Waals surface area contributed by atoms with Crippen LogP contribution in [0.1, 0.15) is 23.2 Å². The molecule has 0 unspecified atom stereocenters. The molecule has 6 nitrogen and oxygen atoms in total. The minimum Gasteiger partial charge on any atom is -0.306 e. The summed E-state index contributed by atoms with van der Waals surface area (Å²) in [5.74, 6) is -0.270. The van der Waals surface area contributed by atoms with Crippen LogP contribution in [0.4, 0.5) is 0 Å². The van der Waals surface area contributed by atoms with Crippen molar-refractivity contribution in [1.82, 2.24) is 8.87 Å². The lowest BCUT2D eigenvalue weighted by Gasteiger charge is -2.16. The average Bonchev–Trinajstić information content (AvgIpc) is 3.47. The molecule has 1 aromatic heterocycles. The van der Waals surface area contributed by atoms with E-state index in [0.29, 0.717) is 18.7 Å². The number of carbonyl (C=O) groups excluding carboxylic acids is 1. The Morgan fingerprint density at radius 1 is 0.722 bits per heavy atom. The molecule has 0 saturated carbocycles. The second-order valence-electron chi connectivity index (χ2n) is 8.89. The fraction of sp³-hybridized carbons (Fsp3) is 0.172. The molecule has 0 aliphatic carbocycles. The summed E-state index contributed by atoms with van der Waals surface area (Å²) in [6.45, 7) is 0.701. The molecule has 0 N–H and O–H groups in total. The van der Waals surface area contributed by atoms with Crippen molar-refractivity contribution in [2.45, 2.75) is 24.3 Å². The molecule has 0 bridgehead atoms. The zero-order chi connectivity index (χ0) is 25.1. The first-order valence-electron chi connectivity index (χ1n) is 11.9. The molecule has 0 atom stereocenters. The summed E-state index contributed by atoms with van der Waals surface area (Å²) >= 11 is 0. The van der Waals surface area contributed by atoms with Gasteiger partial charge in [0.25, 0.3) is 5.56 Å². The van der Waals surface area contributed by atoms with E-state index in [4.69, 9.17) is 0 Å². The Kier molecular flexibility index (Phi) is 6.67. The van der Waals surface area contributed by atoms with Crippen LogP contribution >= 0.6 is 0 Å². The van der Waals surface area contributed by atoms with Crippen LogP contribution in [0.5, 0.6) is 0 Å². The molecule has 182 valence electrons. The van der Waals surface area contributed by atoms with Crippen molar-refractivity contribution < 1.29 is 13.2 Å². The van der Waals surface area contributed by atoms with Crippen molar-refractivity contribution in [3.05, 3.63) is 113 Å². The van der Waals surface area contributed by atoms with Crippen molar-refractivity contribution in [2.75, 3.05) is 13.1 Å². The first-order valence-corrected chi connectivity index (χ1v) is 13.4. The van der Waals surface area contributed by atoms with Gasteiger partial charge in [-0.25, -0.2) is 8.42 Å². The van der Waals surface area contributed by atoms with E-state index in [1.807, 2.05) is 54.6 Å². The van der Waals surface area contributed by atoms with Gasteiger partial charge in [-0.3, -0.25) is 9.59 Å². The van der Waals surface area contributed by atoms with Crippen LogP contribution in [0.3, 0.4) is 0 Å². The van der Waals surface area contributed by atoms with Crippen LogP contribution in [0.2, 0.25) is 0 Å². The number of ketones is 1. The number of pyridine rings is 1. The maximum absolute atomic E-state index is 13.1. The van der Waals surface area contributed by atoms with Gasteiger partial charge in [0.2, 0.25) is 10.0 Å². The number of rotatable bonds is 7. The number of hydrogen-bond acceptors (Lipinski definition) is 4. The van der Waals surface area contributed by atoms with E-state index >= 15 is 0 Å². The molecule has 1 aliphatic heterocycles. The molecule has 0 amide bonds. The highest BCUT2D eigenvalue weighted by atomic mass is 32.2. The molecule has 3 aromatic carbocycles. The number of aromatic nitrogens is 1. The van der Waals surface area contributed by atoms with Gasteiger partial charge in [-0.1, -0.05) is 66.7 Å². The van der Waals surface area contributed by atoms with Gasteiger partial charge in [0.15, 0.2) is 5.78 Å². The number of carbonyl (C=O) groups is 1. The first kappa shape index (κ1) is 23.9. The minimum atomic E-state index is -3.69. The second kappa shape index (κ2) is 10.0. The molecule has 1 saturated heterocycles. The smallest absolute Gasteiger partial charge is 0.251 e. The SMILES string of the molecule is O=C(Cn1cc(S(=O)(=O)N2CCCC2)ccc1=O)c1cccc(-c2cccc(-c3ccccc3)c2)c1. The van der Waals surface area contributed by atoms with Crippen LogP contribution in [0, 0.1) is 0 Å². The summed E-state index contributed by atoms with van der Waals surface area (Å²) in [7, 11) is -3.69. The molecule has 1 fully saturated rings. The maximum atomic E-state index is 13.1. The molecule has 36 heavy (non-hydrogen) atoms. The van der Waals surface area contributed by atoms with Crippen molar-refractivity contribution in [2.24, 2.45) is 0 Å². The molecular weight excluding hydrogens is 472 g/mol. The van der Waals surface area contributed by atoms with E-state index in [1.54, 1.807) is 6.07 Å². The van der Waals surface area contributed by atoms with Crippen LogP contribution in [0.15, 0.2) is 107 Å². The van der Waals surface area contributed by atoms with Gasteiger partial charge in [0.05, 0.1) is 11.4 Å². The summed E-state index contributed by atoms with van der Waals surface area (Å²) < 4.78 is 28.4. The molecule has 1 aliphatic rings. The fourth-order valence-electron chi connectivity index (χ4n) is 4.49. The van der Waals surface area contributed by atoms with Crippen LogP contribution in [-0.2, 0) is 16.6 Å². The second-order valence-corrected chi connectivity index (χ2v) is 10.8. The van der Waals surface area contributed by atoms with E-state index in [-0.39, 0.29) is 17.2 Å². The minimum absolute atomic E-state index is 0.0308. The topological polar surface area (TPSA) is 76.5 Å². The molecule has 7 heteroatoms. The lowest BCUT2D eigenvalue weighted by Crippen LogP contribution is -2.30. The molecule has 5 rings (SSSR count). The van der Waals surface area contributed by atoms with Gasteiger partial charge >= 0.3 is 0 Å². The quantitative estimate of drug-likeness (QED) is 0.341. The Hall–Kier alpha value is -3.81. The Morgan fingerprint density at radius 2 is 1.33 bits per heavy atom. The summed E-state index contributed by atoms with van der Waals surface area (Å²) in [6.07, 6.45) is 2.92. The van der Waals surface area contributed by atoms with Crippen molar-refractivity contribution in [3.63, 3.8) is 0 Å². The van der Waals surface area contributed by atoms with Gasteiger partial charge in [-0.15, -0.1) is 0 Å². The number of benzene rings is 3. The highest BCUT2D eigenvalue weighted by molar-refractivity contribution is 7.89. The van der Waals surface area contributed by atoms with Crippen LogP contribution in [0.25, 0.3) is 22.3 Å². The summed E-state index contributed by atoms with van der Waals surface area (Å²) in [5.41, 5.74) is 4.08. The molecule has 4 aromatic rings. The highest BCUT2D eigenvalue weighted by Gasteiger charge is 2.27. The molecule has 0 radical (unpaired) electrons. The van der Waals surface area contributed by atoms with Crippen LogP contribution in [-0.4, -0.2) is 36.2 Å². The van der Waals surface area contributed by atoms with Crippen LogP contribution < -0.4 is 5.56 Å². The maximum Gasteiger partial charge on any atom is 0.251 e. The summed E-state index contributed by atoms with van der Waals surface area (Å²) in [6, 6.07) is 28.0. The van der Waals surface area contributed by atoms with Gasteiger partial charge < -0.3 is 4.57 Å². The van der Waals surface area contributed by atoms with Gasteiger partial charge in [0, 0.05) is 30.9 Å². The molecular formula is C29H26N2O4S. The monoisotopic (exact) mass is 498 g/mol. The molecule has 2 heterocycles. The number of nitrogens with zero attached hydrogens (tertiary/aromatic N) is 2. The first-order chi connectivity index (χ1) is 17.4. The standard InChI is InChI=1S/C29H26N2O4S/c32-28(21-30-20-27(14-15-29(30)33)36(34,35)31-16-4-5-17-31)26-13-7-12-25(19-26)24-11-6-10-23(18-24)22-8-2-1-3-9-22/h1-3,6-15,18-20H,4-5,16-17,21H2. The number of sulfonamides is 1. The lowest BCUT2D eigenvalue weighted by atomic mass is 9.97. The van der Waals surface area contributed by atoms with Crippen molar-refractivity contribution in [3.8, 4) is 22.3 Å². The van der Waals surface area contributed by atoms with E-state index in [1.165, 1.54) is 27.2 Å².